The minimum Gasteiger partial charge on any atom is -0.436 e. The van der Waals surface area contributed by atoms with Gasteiger partial charge in [0.05, 0.1) is 5.60 Å². The molecule has 0 unspecified atom stereocenters. The summed E-state index contributed by atoms with van der Waals surface area (Å²) in [5, 5.41) is 11.7. The molecule has 3 aromatic carbocycles. The molecule has 0 saturated carbocycles. The van der Waals surface area contributed by atoms with Crippen molar-refractivity contribution >= 4 is 11.5 Å². The molecule has 0 spiro atoms. The van der Waals surface area contributed by atoms with Crippen LogP contribution in [-0.2, 0) is 16.1 Å². The average molecular weight is 468 g/mol. The van der Waals surface area contributed by atoms with Crippen molar-refractivity contribution in [3.05, 3.63) is 102 Å². The Bertz CT molecular complexity index is 1300. The highest BCUT2D eigenvalue weighted by Gasteiger charge is 2.39. The van der Waals surface area contributed by atoms with Crippen LogP contribution in [0.2, 0.25) is 0 Å². The first-order chi connectivity index (χ1) is 17.0. The third kappa shape index (κ3) is 4.88. The van der Waals surface area contributed by atoms with E-state index in [9.17, 15) is 9.90 Å². The summed E-state index contributed by atoms with van der Waals surface area (Å²) in [5.74, 6) is 0.926. The van der Waals surface area contributed by atoms with Gasteiger partial charge in [-0.3, -0.25) is 9.78 Å². The van der Waals surface area contributed by atoms with Crippen molar-refractivity contribution in [1.82, 2.24) is 4.98 Å². The SMILES string of the molecule is CC(=O)OOc1cccc(C[C@]2(O)CCC=C2c2nc(-c3ccccc3)c(-c3ccccc3)o2)c1. The molecule has 1 aromatic heterocycles. The van der Waals surface area contributed by atoms with Crippen LogP contribution in [0, 0.1) is 0 Å². The van der Waals surface area contributed by atoms with E-state index in [1.54, 1.807) is 18.2 Å². The number of benzene rings is 3. The van der Waals surface area contributed by atoms with Crippen LogP contribution in [0.1, 0.15) is 31.2 Å². The Hall–Kier alpha value is -4.16. The zero-order valence-electron chi connectivity index (χ0n) is 19.3. The number of aromatic nitrogens is 1. The highest BCUT2D eigenvalue weighted by Crippen LogP contribution is 2.43. The normalized spacial score (nSPS) is 17.1. The quantitative estimate of drug-likeness (QED) is 0.265. The summed E-state index contributed by atoms with van der Waals surface area (Å²) in [5.41, 5.74) is 2.94. The van der Waals surface area contributed by atoms with Gasteiger partial charge in [-0.05, 0) is 30.5 Å². The number of aliphatic hydroxyl groups is 1. The molecule has 6 heteroatoms. The van der Waals surface area contributed by atoms with Crippen LogP contribution in [-0.4, -0.2) is 21.7 Å². The Morgan fingerprint density at radius 3 is 2.43 bits per heavy atom. The van der Waals surface area contributed by atoms with E-state index in [1.165, 1.54) is 6.92 Å². The molecule has 0 amide bonds. The lowest BCUT2D eigenvalue weighted by atomic mass is 9.88. The van der Waals surface area contributed by atoms with Crippen molar-refractivity contribution in [3.8, 4) is 28.3 Å². The molecule has 0 aliphatic heterocycles. The van der Waals surface area contributed by atoms with Crippen LogP contribution in [0.5, 0.6) is 5.75 Å². The minimum atomic E-state index is -1.16. The third-order valence-electron chi connectivity index (χ3n) is 6.00. The molecule has 1 aliphatic rings. The second-order valence-electron chi connectivity index (χ2n) is 8.60. The number of oxazole rings is 1. The summed E-state index contributed by atoms with van der Waals surface area (Å²) in [6.45, 7) is 1.27. The lowest BCUT2D eigenvalue weighted by molar-refractivity contribution is -0.210. The van der Waals surface area contributed by atoms with Gasteiger partial charge >= 0.3 is 5.97 Å². The molecule has 1 heterocycles. The van der Waals surface area contributed by atoms with Gasteiger partial charge in [0.1, 0.15) is 5.69 Å². The van der Waals surface area contributed by atoms with Crippen molar-refractivity contribution in [2.45, 2.75) is 31.8 Å². The molecular weight excluding hydrogens is 442 g/mol. The molecule has 1 aliphatic carbocycles. The van der Waals surface area contributed by atoms with Gasteiger partial charge in [0.25, 0.3) is 0 Å². The van der Waals surface area contributed by atoms with Crippen molar-refractivity contribution in [2.75, 3.05) is 0 Å². The predicted molar refractivity (Wildman–Crippen MR) is 132 cm³/mol. The number of hydrogen-bond acceptors (Lipinski definition) is 6. The maximum atomic E-state index is 11.7. The van der Waals surface area contributed by atoms with E-state index in [2.05, 4.69) is 4.89 Å². The Morgan fingerprint density at radius 2 is 1.71 bits per heavy atom. The highest BCUT2D eigenvalue weighted by atomic mass is 17.2. The largest absolute Gasteiger partial charge is 0.436 e. The van der Waals surface area contributed by atoms with Gasteiger partial charge in [-0.15, -0.1) is 0 Å². The van der Waals surface area contributed by atoms with Gasteiger partial charge in [0.2, 0.25) is 5.89 Å². The molecule has 35 heavy (non-hydrogen) atoms. The Labute approximate surface area is 203 Å². The van der Waals surface area contributed by atoms with E-state index in [1.807, 2.05) is 72.8 Å². The summed E-state index contributed by atoms with van der Waals surface area (Å²) in [4.78, 5) is 25.6. The van der Waals surface area contributed by atoms with Crippen LogP contribution in [0.4, 0.5) is 0 Å². The number of hydrogen-bond donors (Lipinski definition) is 1. The summed E-state index contributed by atoms with van der Waals surface area (Å²) in [6.07, 6.45) is 3.58. The van der Waals surface area contributed by atoms with Crippen LogP contribution in [0.25, 0.3) is 28.2 Å². The van der Waals surface area contributed by atoms with E-state index in [-0.39, 0.29) is 0 Å². The zero-order valence-corrected chi connectivity index (χ0v) is 19.3. The monoisotopic (exact) mass is 467 g/mol. The fraction of sp³-hybridized carbons (Fsp3) is 0.172. The molecule has 0 bridgehead atoms. The molecule has 1 atom stereocenters. The van der Waals surface area contributed by atoms with E-state index in [0.29, 0.717) is 42.2 Å². The smallest absolute Gasteiger partial charge is 0.352 e. The topological polar surface area (TPSA) is 81.8 Å². The first-order valence-electron chi connectivity index (χ1n) is 11.5. The Morgan fingerprint density at radius 1 is 1.00 bits per heavy atom. The zero-order chi connectivity index (χ0) is 24.3. The number of nitrogens with zero attached hydrogens (tertiary/aromatic N) is 1. The number of carbonyl (C=O) groups is 1. The second-order valence-corrected chi connectivity index (χ2v) is 8.60. The molecule has 6 nitrogen and oxygen atoms in total. The van der Waals surface area contributed by atoms with E-state index in [0.717, 1.165) is 22.4 Å². The number of rotatable bonds is 7. The highest BCUT2D eigenvalue weighted by molar-refractivity contribution is 5.80. The fourth-order valence-corrected chi connectivity index (χ4v) is 4.41. The number of allylic oxidation sites excluding steroid dienone is 1. The summed E-state index contributed by atoms with van der Waals surface area (Å²) in [7, 11) is 0. The minimum absolute atomic E-state index is 0.333. The van der Waals surface area contributed by atoms with Crippen LogP contribution in [0.15, 0.2) is 95.4 Å². The fourth-order valence-electron chi connectivity index (χ4n) is 4.41. The average Bonchev–Trinajstić information content (AvgIpc) is 3.48. The van der Waals surface area contributed by atoms with E-state index < -0.39 is 11.6 Å². The molecule has 5 rings (SSSR count). The standard InChI is InChI=1S/C29H25NO5/c1-20(31)34-35-24-15-8-10-21(18-24)19-29(32)17-9-16-25(29)28-30-26(22-11-4-2-5-12-22)27(33-28)23-13-6-3-7-14-23/h2-8,10-16,18,32H,9,17,19H2,1H3/t29-/m1/s1. The summed E-state index contributed by atoms with van der Waals surface area (Å²) in [6, 6.07) is 26.9. The Balaban J connectivity index is 1.48. The molecule has 0 radical (unpaired) electrons. The molecular formula is C29H25NO5. The second kappa shape index (κ2) is 9.60. The van der Waals surface area contributed by atoms with Gasteiger partial charge < -0.3 is 9.52 Å². The van der Waals surface area contributed by atoms with Gasteiger partial charge in [0, 0.05) is 30.0 Å². The van der Waals surface area contributed by atoms with Gasteiger partial charge in [-0.2, -0.15) is 0 Å². The lowest BCUT2D eigenvalue weighted by Gasteiger charge is -2.25. The molecule has 176 valence electrons. The Kier molecular flexibility index (Phi) is 6.21. The first kappa shape index (κ1) is 22.6. The first-order valence-corrected chi connectivity index (χ1v) is 11.5. The predicted octanol–water partition coefficient (Wildman–Crippen LogP) is 6.02. The van der Waals surface area contributed by atoms with Crippen LogP contribution < -0.4 is 4.89 Å². The van der Waals surface area contributed by atoms with Gasteiger partial charge in [0.15, 0.2) is 11.5 Å². The summed E-state index contributed by atoms with van der Waals surface area (Å²) >= 11 is 0. The maximum absolute atomic E-state index is 11.7. The molecule has 1 N–H and O–H groups in total. The van der Waals surface area contributed by atoms with E-state index >= 15 is 0 Å². The molecule has 0 fully saturated rings. The van der Waals surface area contributed by atoms with Crippen LogP contribution >= 0.6 is 0 Å². The molecule has 4 aromatic rings. The third-order valence-corrected chi connectivity index (χ3v) is 6.00. The van der Waals surface area contributed by atoms with Gasteiger partial charge in [-0.1, -0.05) is 78.9 Å². The maximum Gasteiger partial charge on any atom is 0.352 e. The van der Waals surface area contributed by atoms with Crippen molar-refractivity contribution in [3.63, 3.8) is 0 Å². The summed E-state index contributed by atoms with van der Waals surface area (Å²) < 4.78 is 6.34. The van der Waals surface area contributed by atoms with Crippen molar-refractivity contribution in [1.29, 1.82) is 0 Å². The lowest BCUT2D eigenvalue weighted by Crippen LogP contribution is -2.30. The van der Waals surface area contributed by atoms with Crippen molar-refractivity contribution < 1.29 is 24.1 Å². The molecule has 0 saturated heterocycles. The van der Waals surface area contributed by atoms with E-state index in [4.69, 9.17) is 14.3 Å². The van der Waals surface area contributed by atoms with Gasteiger partial charge in [-0.25, -0.2) is 9.78 Å². The number of carbonyl (C=O) groups excluding carboxylic acids is 1. The van der Waals surface area contributed by atoms with Crippen LogP contribution in [0.3, 0.4) is 0 Å². The van der Waals surface area contributed by atoms with Crippen molar-refractivity contribution in [2.24, 2.45) is 0 Å².